The second-order valence-corrected chi connectivity index (χ2v) is 5.98. The van der Waals surface area contributed by atoms with Crippen LogP contribution in [0.4, 0.5) is 0 Å². The molecule has 130 valence electrons. The van der Waals surface area contributed by atoms with Gasteiger partial charge in [0.25, 0.3) is 11.5 Å². The third-order valence-electron chi connectivity index (χ3n) is 4.28. The minimum Gasteiger partial charge on any atom is -0.484 e. The summed E-state index contributed by atoms with van der Waals surface area (Å²) in [5.74, 6) is -0.527. The fourth-order valence-corrected chi connectivity index (χ4v) is 2.88. The maximum Gasteiger partial charge on any atom is 0.312 e. The molecule has 0 spiro atoms. The van der Waals surface area contributed by atoms with Crippen LogP contribution in [0.3, 0.4) is 0 Å². The summed E-state index contributed by atoms with van der Waals surface area (Å²) >= 11 is 0. The Kier molecular flexibility index (Phi) is 4.31. The van der Waals surface area contributed by atoms with Gasteiger partial charge in [-0.1, -0.05) is 12.1 Å². The molecule has 0 saturated heterocycles. The molecule has 3 rings (SSSR count). The highest BCUT2D eigenvalue weighted by atomic mass is 16.5. The number of hydrogen-bond acceptors (Lipinski definition) is 5. The molecule has 2 N–H and O–H groups in total. The Labute approximate surface area is 144 Å². The van der Waals surface area contributed by atoms with Gasteiger partial charge < -0.3 is 19.8 Å². The summed E-state index contributed by atoms with van der Waals surface area (Å²) in [7, 11) is 1.69. The fourth-order valence-electron chi connectivity index (χ4n) is 2.88. The molecule has 0 radical (unpaired) electrons. The number of primary amides is 1. The van der Waals surface area contributed by atoms with Crippen LogP contribution < -0.4 is 20.8 Å². The second kappa shape index (κ2) is 6.43. The predicted molar refractivity (Wildman–Crippen MR) is 89.6 cm³/mol. The predicted octanol–water partition coefficient (Wildman–Crippen LogP) is 0.999. The van der Waals surface area contributed by atoms with Gasteiger partial charge >= 0.3 is 5.97 Å². The number of esters is 1. The topological polar surface area (TPSA) is 101 Å². The van der Waals surface area contributed by atoms with Crippen LogP contribution >= 0.6 is 0 Å². The normalized spacial score (nSPS) is 16.1. The van der Waals surface area contributed by atoms with Gasteiger partial charge in [0.05, 0.1) is 12.0 Å². The highest BCUT2D eigenvalue weighted by Crippen LogP contribution is 2.37. The number of rotatable bonds is 4. The molecule has 0 saturated carbocycles. The summed E-state index contributed by atoms with van der Waals surface area (Å²) in [4.78, 5) is 35.4. The van der Waals surface area contributed by atoms with Gasteiger partial charge in [0.2, 0.25) is 0 Å². The van der Waals surface area contributed by atoms with Crippen molar-refractivity contribution in [3.8, 4) is 11.5 Å². The van der Waals surface area contributed by atoms with Gasteiger partial charge in [0.1, 0.15) is 11.5 Å². The summed E-state index contributed by atoms with van der Waals surface area (Å²) in [5, 5.41) is 0. The number of carbonyl (C=O) groups excluding carboxylic acids is 2. The van der Waals surface area contributed by atoms with E-state index in [1.807, 2.05) is 0 Å². The van der Waals surface area contributed by atoms with Gasteiger partial charge in [0.15, 0.2) is 6.61 Å². The molecule has 2 heterocycles. The maximum atomic E-state index is 12.7. The van der Waals surface area contributed by atoms with Gasteiger partial charge in [-0.05, 0) is 24.6 Å². The van der Waals surface area contributed by atoms with E-state index in [4.69, 9.17) is 15.2 Å². The van der Waals surface area contributed by atoms with E-state index in [0.29, 0.717) is 22.8 Å². The Bertz CT molecular complexity index is 899. The van der Waals surface area contributed by atoms with Gasteiger partial charge in [-0.25, -0.2) is 0 Å². The number of aryl methyl sites for hydroxylation is 1. The Hall–Kier alpha value is -3.09. The van der Waals surface area contributed by atoms with Crippen molar-refractivity contribution in [1.82, 2.24) is 4.57 Å². The standard InChI is InChI=1S/C18H18N2O5/c1-10-7-14-17(18(23)20(10)2)13(8-16(22)25-14)11-3-5-12(6-4-11)24-9-15(19)21/h3-7,13H,8-9H2,1-2H3,(H2,19,21)/t13-/m1/s1. The summed E-state index contributed by atoms with van der Waals surface area (Å²) in [6.07, 6.45) is 0.0901. The highest BCUT2D eigenvalue weighted by molar-refractivity contribution is 5.77. The first-order valence-corrected chi connectivity index (χ1v) is 7.79. The third-order valence-corrected chi connectivity index (χ3v) is 4.28. The molecule has 7 heteroatoms. The second-order valence-electron chi connectivity index (χ2n) is 5.98. The number of ether oxygens (including phenoxy) is 2. The molecule has 25 heavy (non-hydrogen) atoms. The Morgan fingerprint density at radius 3 is 2.64 bits per heavy atom. The van der Waals surface area contributed by atoms with Gasteiger partial charge in [-0.2, -0.15) is 0 Å². The average Bonchev–Trinajstić information content (AvgIpc) is 2.57. The zero-order valence-electron chi connectivity index (χ0n) is 13.9. The first kappa shape index (κ1) is 16.8. The zero-order valence-corrected chi connectivity index (χ0v) is 13.9. The minimum absolute atomic E-state index is 0.0901. The van der Waals surface area contributed by atoms with E-state index >= 15 is 0 Å². The van der Waals surface area contributed by atoms with Crippen molar-refractivity contribution in [2.24, 2.45) is 12.8 Å². The quantitative estimate of drug-likeness (QED) is 0.836. The van der Waals surface area contributed by atoms with Crippen LogP contribution in [-0.2, 0) is 16.6 Å². The maximum absolute atomic E-state index is 12.7. The van der Waals surface area contributed by atoms with Gasteiger partial charge in [0, 0.05) is 24.7 Å². The van der Waals surface area contributed by atoms with E-state index in [0.717, 1.165) is 5.56 Å². The molecular formula is C18H18N2O5. The molecule has 7 nitrogen and oxygen atoms in total. The van der Waals surface area contributed by atoms with Crippen LogP contribution in [-0.4, -0.2) is 23.1 Å². The lowest BCUT2D eigenvalue weighted by Crippen LogP contribution is -2.31. The van der Waals surface area contributed by atoms with Crippen LogP contribution in [0.2, 0.25) is 0 Å². The van der Waals surface area contributed by atoms with E-state index in [9.17, 15) is 14.4 Å². The zero-order chi connectivity index (χ0) is 18.1. The van der Waals surface area contributed by atoms with E-state index in [1.165, 1.54) is 4.57 Å². The van der Waals surface area contributed by atoms with Crippen molar-refractivity contribution >= 4 is 11.9 Å². The molecule has 0 aliphatic carbocycles. The number of benzene rings is 1. The number of hydrogen-bond donors (Lipinski definition) is 1. The fraction of sp³-hybridized carbons (Fsp3) is 0.278. The van der Waals surface area contributed by atoms with Crippen LogP contribution in [0, 0.1) is 6.92 Å². The monoisotopic (exact) mass is 342 g/mol. The number of nitrogens with zero attached hydrogens (tertiary/aromatic N) is 1. The molecule has 0 unspecified atom stereocenters. The highest BCUT2D eigenvalue weighted by Gasteiger charge is 2.32. The van der Waals surface area contributed by atoms with Crippen LogP contribution in [0.25, 0.3) is 0 Å². The first-order chi connectivity index (χ1) is 11.9. The van der Waals surface area contributed by atoms with Gasteiger partial charge in [-0.3, -0.25) is 14.4 Å². The Balaban J connectivity index is 1.99. The van der Waals surface area contributed by atoms with E-state index < -0.39 is 5.91 Å². The van der Waals surface area contributed by atoms with Crippen molar-refractivity contribution in [2.75, 3.05) is 6.61 Å². The third kappa shape index (κ3) is 3.26. The van der Waals surface area contributed by atoms with Crippen molar-refractivity contribution < 1.29 is 19.1 Å². The molecule has 1 aromatic carbocycles. The average molecular weight is 342 g/mol. The van der Waals surface area contributed by atoms with Crippen LogP contribution in [0.5, 0.6) is 11.5 Å². The largest absolute Gasteiger partial charge is 0.484 e. The molecule has 1 aromatic heterocycles. The molecule has 1 aliphatic rings. The summed E-state index contributed by atoms with van der Waals surface area (Å²) in [6.45, 7) is 1.57. The van der Waals surface area contributed by atoms with Crippen LogP contribution in [0.15, 0.2) is 35.1 Å². The summed E-state index contributed by atoms with van der Waals surface area (Å²) in [5.41, 5.74) is 6.85. The number of nitrogens with two attached hydrogens (primary N) is 1. The Morgan fingerprint density at radius 1 is 1.32 bits per heavy atom. The van der Waals surface area contributed by atoms with Crippen molar-refractivity contribution in [3.63, 3.8) is 0 Å². The SMILES string of the molecule is Cc1cc2c(c(=O)n1C)[C@@H](c1ccc(OCC(N)=O)cc1)CC(=O)O2. The van der Waals surface area contributed by atoms with Gasteiger partial charge in [-0.15, -0.1) is 0 Å². The van der Waals surface area contributed by atoms with Crippen molar-refractivity contribution in [3.05, 3.63) is 57.5 Å². The molecule has 0 fully saturated rings. The molecule has 0 bridgehead atoms. The summed E-state index contributed by atoms with van der Waals surface area (Å²) in [6, 6.07) is 8.59. The number of amides is 1. The number of carbonyl (C=O) groups is 2. The van der Waals surface area contributed by atoms with E-state index in [2.05, 4.69) is 0 Å². The minimum atomic E-state index is -0.563. The lowest BCUT2D eigenvalue weighted by molar-refractivity contribution is -0.135. The summed E-state index contributed by atoms with van der Waals surface area (Å²) < 4.78 is 12.0. The lowest BCUT2D eigenvalue weighted by Gasteiger charge is -2.25. The molecule has 1 aliphatic heterocycles. The number of pyridine rings is 1. The van der Waals surface area contributed by atoms with Crippen molar-refractivity contribution in [2.45, 2.75) is 19.3 Å². The smallest absolute Gasteiger partial charge is 0.312 e. The van der Waals surface area contributed by atoms with E-state index in [-0.39, 0.29) is 30.5 Å². The van der Waals surface area contributed by atoms with Crippen LogP contribution in [0.1, 0.15) is 29.2 Å². The lowest BCUT2D eigenvalue weighted by atomic mass is 9.87. The van der Waals surface area contributed by atoms with E-state index in [1.54, 1.807) is 44.3 Å². The van der Waals surface area contributed by atoms with Crippen molar-refractivity contribution in [1.29, 1.82) is 0 Å². The number of fused-ring (bicyclic) bond motifs is 1. The molecule has 2 aromatic rings. The molecular weight excluding hydrogens is 324 g/mol. The Morgan fingerprint density at radius 2 is 2.00 bits per heavy atom. The number of aromatic nitrogens is 1. The first-order valence-electron chi connectivity index (χ1n) is 7.79. The molecule has 1 atom stereocenters. The molecule has 1 amide bonds.